The number of carbonyl (C=O) groups is 1. The van der Waals surface area contributed by atoms with Crippen molar-refractivity contribution < 1.29 is 13.9 Å². The van der Waals surface area contributed by atoms with Crippen LogP contribution in [0.3, 0.4) is 0 Å². The Morgan fingerprint density at radius 2 is 2.38 bits per heavy atom. The van der Waals surface area contributed by atoms with Crippen molar-refractivity contribution in [2.45, 2.75) is 13.3 Å². The van der Waals surface area contributed by atoms with Crippen molar-refractivity contribution in [3.05, 3.63) is 23.7 Å². The normalized spacial score (nSPS) is 10.4. The minimum absolute atomic E-state index is 0.125. The number of hydrogen-bond donors (Lipinski definition) is 1. The highest BCUT2D eigenvalue weighted by Gasteiger charge is 2.12. The van der Waals surface area contributed by atoms with Crippen molar-refractivity contribution in [3.8, 4) is 0 Å². The Balaban J connectivity index is 2.30. The molecule has 0 radical (unpaired) electrons. The highest BCUT2D eigenvalue weighted by Crippen LogP contribution is 2.10. The van der Waals surface area contributed by atoms with Gasteiger partial charge in [0.2, 0.25) is 0 Å². The fourth-order valence-electron chi connectivity index (χ4n) is 1.31. The lowest BCUT2D eigenvalue weighted by Crippen LogP contribution is -2.27. The maximum Gasteiger partial charge on any atom is 0.254 e. The van der Waals surface area contributed by atoms with Gasteiger partial charge in [0, 0.05) is 18.8 Å². The summed E-state index contributed by atoms with van der Waals surface area (Å²) < 4.78 is 10.3. The molecule has 4 nitrogen and oxygen atoms in total. The molecule has 0 fully saturated rings. The highest BCUT2D eigenvalue weighted by atomic mass is 35.5. The maximum absolute atomic E-state index is 11.7. The average molecular weight is 246 g/mol. The second-order valence-corrected chi connectivity index (χ2v) is 3.55. The fourth-order valence-corrected chi connectivity index (χ4v) is 1.41. The van der Waals surface area contributed by atoms with Gasteiger partial charge in [-0.25, -0.2) is 0 Å². The molecule has 0 spiro atoms. The van der Waals surface area contributed by atoms with Crippen molar-refractivity contribution in [2.75, 3.05) is 25.6 Å². The van der Waals surface area contributed by atoms with Crippen molar-refractivity contribution in [1.82, 2.24) is 5.32 Å². The highest BCUT2D eigenvalue weighted by molar-refractivity contribution is 6.17. The van der Waals surface area contributed by atoms with E-state index in [4.69, 9.17) is 20.8 Å². The van der Waals surface area contributed by atoms with Crippen LogP contribution < -0.4 is 5.32 Å². The van der Waals surface area contributed by atoms with E-state index in [0.29, 0.717) is 43.4 Å². The van der Waals surface area contributed by atoms with E-state index in [2.05, 4.69) is 5.32 Å². The first-order valence-corrected chi connectivity index (χ1v) is 5.81. The van der Waals surface area contributed by atoms with Crippen molar-refractivity contribution >= 4 is 17.5 Å². The largest absolute Gasteiger partial charge is 0.469 e. The van der Waals surface area contributed by atoms with Crippen LogP contribution >= 0.6 is 11.6 Å². The quantitative estimate of drug-likeness (QED) is 0.589. The molecule has 0 aromatic carbocycles. The molecule has 1 N–H and O–H groups in total. The lowest BCUT2D eigenvalue weighted by Gasteiger charge is -2.05. The SMILES string of the molecule is CCc1occc1C(=O)NCCOCCCl. The van der Waals surface area contributed by atoms with Crippen LogP contribution in [0.25, 0.3) is 0 Å². The van der Waals surface area contributed by atoms with Gasteiger partial charge in [0.15, 0.2) is 0 Å². The van der Waals surface area contributed by atoms with E-state index in [1.54, 1.807) is 6.07 Å². The van der Waals surface area contributed by atoms with Crippen LogP contribution in [0.15, 0.2) is 16.7 Å². The van der Waals surface area contributed by atoms with Crippen molar-refractivity contribution in [1.29, 1.82) is 0 Å². The van der Waals surface area contributed by atoms with Gasteiger partial charge in [-0.2, -0.15) is 0 Å². The first kappa shape index (κ1) is 13.1. The molecule has 0 aliphatic carbocycles. The summed E-state index contributed by atoms with van der Waals surface area (Å²) in [6.45, 7) is 3.39. The third-order valence-electron chi connectivity index (χ3n) is 2.06. The second kappa shape index (κ2) is 7.30. The zero-order chi connectivity index (χ0) is 11.8. The monoisotopic (exact) mass is 245 g/mol. The zero-order valence-electron chi connectivity index (χ0n) is 9.29. The number of aryl methyl sites for hydroxylation is 1. The van der Waals surface area contributed by atoms with E-state index in [9.17, 15) is 4.79 Å². The molecule has 0 saturated heterocycles. The predicted octanol–water partition coefficient (Wildman–Crippen LogP) is 1.83. The topological polar surface area (TPSA) is 51.5 Å². The van der Waals surface area contributed by atoms with Gasteiger partial charge in [0.1, 0.15) is 5.76 Å². The third-order valence-corrected chi connectivity index (χ3v) is 2.22. The summed E-state index contributed by atoms with van der Waals surface area (Å²) in [4.78, 5) is 11.7. The first-order chi connectivity index (χ1) is 7.79. The summed E-state index contributed by atoms with van der Waals surface area (Å²) in [7, 11) is 0. The van der Waals surface area contributed by atoms with E-state index in [1.165, 1.54) is 6.26 Å². The number of rotatable bonds is 7. The number of furan rings is 1. The summed E-state index contributed by atoms with van der Waals surface area (Å²) in [6.07, 6.45) is 2.23. The van der Waals surface area contributed by atoms with E-state index in [1.807, 2.05) is 6.92 Å². The molecule has 1 aromatic rings. The lowest BCUT2D eigenvalue weighted by molar-refractivity contribution is 0.0921. The Morgan fingerprint density at radius 3 is 3.06 bits per heavy atom. The van der Waals surface area contributed by atoms with Gasteiger partial charge in [0.25, 0.3) is 5.91 Å². The number of hydrogen-bond acceptors (Lipinski definition) is 3. The molecule has 1 amide bonds. The second-order valence-electron chi connectivity index (χ2n) is 3.17. The Bertz CT molecular complexity index is 325. The van der Waals surface area contributed by atoms with Gasteiger partial charge in [-0.05, 0) is 6.07 Å². The van der Waals surface area contributed by atoms with Gasteiger partial charge < -0.3 is 14.5 Å². The molecule has 0 unspecified atom stereocenters. The summed E-state index contributed by atoms with van der Waals surface area (Å²) in [5.41, 5.74) is 0.597. The lowest BCUT2D eigenvalue weighted by atomic mass is 10.2. The molecular weight excluding hydrogens is 230 g/mol. The van der Waals surface area contributed by atoms with Gasteiger partial charge >= 0.3 is 0 Å². The van der Waals surface area contributed by atoms with Crippen LogP contribution in [0.2, 0.25) is 0 Å². The number of ether oxygens (including phenoxy) is 1. The molecule has 0 aliphatic heterocycles. The molecule has 0 bridgehead atoms. The van der Waals surface area contributed by atoms with Crippen molar-refractivity contribution in [2.24, 2.45) is 0 Å². The van der Waals surface area contributed by atoms with Crippen LogP contribution in [-0.4, -0.2) is 31.5 Å². The smallest absolute Gasteiger partial charge is 0.254 e. The van der Waals surface area contributed by atoms with E-state index in [-0.39, 0.29) is 5.91 Å². The Kier molecular flexibility index (Phi) is 5.96. The van der Waals surface area contributed by atoms with Gasteiger partial charge in [-0.1, -0.05) is 6.92 Å². The Hall–Kier alpha value is -1.00. The van der Waals surface area contributed by atoms with Crippen LogP contribution in [0.5, 0.6) is 0 Å². The third kappa shape index (κ3) is 3.87. The van der Waals surface area contributed by atoms with E-state index < -0.39 is 0 Å². The molecule has 1 rings (SSSR count). The van der Waals surface area contributed by atoms with Crippen LogP contribution in [0.4, 0.5) is 0 Å². The number of amides is 1. The molecule has 90 valence electrons. The molecule has 5 heteroatoms. The Morgan fingerprint density at radius 1 is 1.56 bits per heavy atom. The minimum Gasteiger partial charge on any atom is -0.469 e. The van der Waals surface area contributed by atoms with Crippen LogP contribution in [-0.2, 0) is 11.2 Å². The summed E-state index contributed by atoms with van der Waals surface area (Å²) in [5, 5.41) is 2.75. The van der Waals surface area contributed by atoms with E-state index in [0.717, 1.165) is 0 Å². The molecule has 0 atom stereocenters. The molecule has 1 aromatic heterocycles. The first-order valence-electron chi connectivity index (χ1n) is 5.27. The summed E-state index contributed by atoms with van der Waals surface area (Å²) >= 11 is 5.44. The maximum atomic E-state index is 11.7. The molecule has 1 heterocycles. The number of nitrogens with one attached hydrogen (secondary N) is 1. The minimum atomic E-state index is -0.125. The van der Waals surface area contributed by atoms with Crippen LogP contribution in [0, 0.1) is 0 Å². The van der Waals surface area contributed by atoms with Gasteiger partial charge in [-0.3, -0.25) is 4.79 Å². The predicted molar refractivity (Wildman–Crippen MR) is 62.0 cm³/mol. The zero-order valence-corrected chi connectivity index (χ0v) is 10.0. The Labute approximate surface area is 99.9 Å². The average Bonchev–Trinajstić information content (AvgIpc) is 2.76. The number of alkyl halides is 1. The standard InChI is InChI=1S/C11H16ClNO3/c1-2-10-9(3-6-16-10)11(14)13-5-8-15-7-4-12/h3,6H,2,4-5,7-8H2,1H3,(H,13,14). The van der Waals surface area contributed by atoms with Gasteiger partial charge in [-0.15, -0.1) is 11.6 Å². The van der Waals surface area contributed by atoms with Gasteiger partial charge in [0.05, 0.1) is 25.0 Å². The fraction of sp³-hybridized carbons (Fsp3) is 0.545. The molecular formula is C11H16ClNO3. The van der Waals surface area contributed by atoms with Crippen LogP contribution in [0.1, 0.15) is 23.0 Å². The van der Waals surface area contributed by atoms with E-state index >= 15 is 0 Å². The molecule has 16 heavy (non-hydrogen) atoms. The number of halogens is 1. The molecule has 0 saturated carbocycles. The number of carbonyl (C=O) groups excluding carboxylic acids is 1. The molecule has 0 aliphatic rings. The van der Waals surface area contributed by atoms with Crippen molar-refractivity contribution in [3.63, 3.8) is 0 Å². The summed E-state index contributed by atoms with van der Waals surface area (Å²) in [6, 6.07) is 1.67. The summed E-state index contributed by atoms with van der Waals surface area (Å²) in [5.74, 6) is 1.05.